The normalized spacial score (nSPS) is 14.6. The van der Waals surface area contributed by atoms with Crippen LogP contribution in [0, 0.1) is 17.8 Å². The lowest BCUT2D eigenvalue weighted by molar-refractivity contribution is -0.124. The summed E-state index contributed by atoms with van der Waals surface area (Å²) in [6.45, 7) is 7.78. The minimum absolute atomic E-state index is 0.105. The maximum atomic E-state index is 12.1. The van der Waals surface area contributed by atoms with E-state index in [4.69, 9.17) is 9.84 Å². The van der Waals surface area contributed by atoms with Gasteiger partial charge in [0.25, 0.3) is 5.91 Å². The van der Waals surface area contributed by atoms with Gasteiger partial charge in [0, 0.05) is 31.4 Å². The van der Waals surface area contributed by atoms with Crippen molar-refractivity contribution in [1.82, 2.24) is 24.6 Å². The Labute approximate surface area is 205 Å². The molecule has 4 aromatic rings. The minimum Gasteiger partial charge on any atom is -0.457 e. The van der Waals surface area contributed by atoms with Crippen LogP contribution < -0.4 is 4.74 Å². The predicted molar refractivity (Wildman–Crippen MR) is 137 cm³/mol. The van der Waals surface area contributed by atoms with Crippen molar-refractivity contribution in [1.29, 1.82) is 0 Å². The van der Waals surface area contributed by atoms with E-state index >= 15 is 0 Å². The fraction of sp³-hybridized carbons (Fsp3) is 0.286. The summed E-state index contributed by atoms with van der Waals surface area (Å²) >= 11 is 0. The van der Waals surface area contributed by atoms with Crippen LogP contribution in [-0.4, -0.2) is 43.6 Å². The number of carbonyl (C=O) groups excluding carboxylic acids is 1. The lowest BCUT2D eigenvalue weighted by Crippen LogP contribution is -2.28. The molecule has 0 radical (unpaired) electrons. The molecule has 178 valence electrons. The second-order valence-electron chi connectivity index (χ2n) is 8.01. The van der Waals surface area contributed by atoms with Crippen molar-refractivity contribution in [3.63, 3.8) is 0 Å². The third-order valence-electron chi connectivity index (χ3n) is 5.75. The van der Waals surface area contributed by atoms with Gasteiger partial charge in [0.1, 0.15) is 23.5 Å². The van der Waals surface area contributed by atoms with Crippen molar-refractivity contribution in [2.75, 3.05) is 13.1 Å². The summed E-state index contributed by atoms with van der Waals surface area (Å²) in [7, 11) is 0. The topological polar surface area (TPSA) is 73.1 Å². The van der Waals surface area contributed by atoms with E-state index in [2.05, 4.69) is 21.8 Å². The van der Waals surface area contributed by atoms with E-state index in [1.807, 2.05) is 78.0 Å². The Balaban J connectivity index is 0.00000141. The van der Waals surface area contributed by atoms with Crippen LogP contribution in [0.1, 0.15) is 27.2 Å². The first-order valence-electron chi connectivity index (χ1n) is 11.9. The summed E-state index contributed by atoms with van der Waals surface area (Å²) < 4.78 is 7.84. The van der Waals surface area contributed by atoms with Crippen LogP contribution in [0.5, 0.6) is 11.5 Å². The van der Waals surface area contributed by atoms with Crippen LogP contribution in [0.3, 0.4) is 0 Å². The Hall–Kier alpha value is -4.18. The molecule has 0 spiro atoms. The molecule has 0 saturated carbocycles. The molecule has 1 atom stereocenters. The first-order valence-corrected chi connectivity index (χ1v) is 11.9. The summed E-state index contributed by atoms with van der Waals surface area (Å²) in [4.78, 5) is 22.6. The molecule has 1 fully saturated rings. The zero-order chi connectivity index (χ0) is 24.6. The summed E-state index contributed by atoms with van der Waals surface area (Å²) in [6, 6.07) is 17.6. The molecular formula is C28H29N5O2. The molecule has 7 nitrogen and oxygen atoms in total. The first-order chi connectivity index (χ1) is 17.2. The molecule has 5 rings (SSSR count). The van der Waals surface area contributed by atoms with Gasteiger partial charge in [-0.25, -0.2) is 14.6 Å². The fourth-order valence-electron chi connectivity index (χ4n) is 4.16. The lowest BCUT2D eigenvalue weighted by Gasteiger charge is -2.13. The molecule has 0 unspecified atom stereocenters. The number of fused-ring (bicyclic) bond motifs is 1. The molecule has 1 amide bonds. The molecule has 0 aliphatic carbocycles. The van der Waals surface area contributed by atoms with Crippen molar-refractivity contribution < 1.29 is 9.53 Å². The SMILES string of the molecule is CC.CC#CC(=O)N1CC[C@@H](Cn2nc(-c3ccc(Oc4ccccc4)cc3)c3cncnc32)C1. The number of aromatic nitrogens is 4. The number of hydrogen-bond donors (Lipinski definition) is 0. The second-order valence-corrected chi connectivity index (χ2v) is 8.01. The number of nitrogens with zero attached hydrogens (tertiary/aromatic N) is 5. The Kier molecular flexibility index (Phi) is 7.74. The molecular weight excluding hydrogens is 438 g/mol. The first kappa shape index (κ1) is 24.0. The molecule has 1 aliphatic rings. The van der Waals surface area contributed by atoms with Gasteiger partial charge in [-0.2, -0.15) is 5.10 Å². The number of benzene rings is 2. The number of carbonyl (C=O) groups is 1. The van der Waals surface area contributed by atoms with E-state index in [9.17, 15) is 4.79 Å². The van der Waals surface area contributed by atoms with Crippen molar-refractivity contribution in [2.24, 2.45) is 5.92 Å². The third kappa shape index (κ3) is 5.49. The molecule has 7 heteroatoms. The Morgan fingerprint density at radius 2 is 1.83 bits per heavy atom. The number of hydrogen-bond acceptors (Lipinski definition) is 5. The molecule has 2 aromatic carbocycles. The summed E-state index contributed by atoms with van der Waals surface area (Å²) in [5.41, 5.74) is 2.60. The number of amides is 1. The molecule has 0 N–H and O–H groups in total. The van der Waals surface area contributed by atoms with Gasteiger partial charge in [0.15, 0.2) is 5.65 Å². The van der Waals surface area contributed by atoms with Gasteiger partial charge in [-0.3, -0.25) is 4.79 Å². The largest absolute Gasteiger partial charge is 0.457 e. The van der Waals surface area contributed by atoms with Crippen molar-refractivity contribution in [3.8, 4) is 34.6 Å². The van der Waals surface area contributed by atoms with E-state index in [-0.39, 0.29) is 5.91 Å². The Morgan fingerprint density at radius 1 is 1.09 bits per heavy atom. The molecule has 35 heavy (non-hydrogen) atoms. The van der Waals surface area contributed by atoms with Crippen molar-refractivity contribution in [2.45, 2.75) is 33.7 Å². The predicted octanol–water partition coefficient (Wildman–Crippen LogP) is 5.18. The zero-order valence-corrected chi connectivity index (χ0v) is 20.3. The van der Waals surface area contributed by atoms with Crippen LogP contribution in [0.2, 0.25) is 0 Å². The highest BCUT2D eigenvalue weighted by atomic mass is 16.5. The summed E-state index contributed by atoms with van der Waals surface area (Å²) in [6.07, 6.45) is 4.27. The van der Waals surface area contributed by atoms with Gasteiger partial charge in [-0.05, 0) is 61.6 Å². The van der Waals surface area contributed by atoms with Crippen LogP contribution >= 0.6 is 0 Å². The Morgan fingerprint density at radius 3 is 2.57 bits per heavy atom. The quantitative estimate of drug-likeness (QED) is 0.378. The molecule has 0 bridgehead atoms. The lowest BCUT2D eigenvalue weighted by atomic mass is 10.1. The monoisotopic (exact) mass is 467 g/mol. The van der Waals surface area contributed by atoms with Gasteiger partial charge in [0.05, 0.1) is 5.39 Å². The van der Waals surface area contributed by atoms with Crippen LogP contribution in [-0.2, 0) is 11.3 Å². The van der Waals surface area contributed by atoms with Crippen LogP contribution in [0.4, 0.5) is 0 Å². The Bertz CT molecular complexity index is 1340. The molecule has 1 saturated heterocycles. The molecule has 1 aliphatic heterocycles. The van der Waals surface area contributed by atoms with E-state index < -0.39 is 0 Å². The summed E-state index contributed by atoms with van der Waals surface area (Å²) in [5.74, 6) is 7.07. The molecule has 2 aromatic heterocycles. The van der Waals surface area contributed by atoms with Gasteiger partial charge < -0.3 is 9.64 Å². The zero-order valence-electron chi connectivity index (χ0n) is 20.3. The van der Waals surface area contributed by atoms with Gasteiger partial charge >= 0.3 is 0 Å². The second kappa shape index (κ2) is 11.3. The highest BCUT2D eigenvalue weighted by Crippen LogP contribution is 2.30. The number of rotatable bonds is 5. The number of para-hydroxylation sites is 1. The van der Waals surface area contributed by atoms with Crippen LogP contribution in [0.15, 0.2) is 67.1 Å². The molecule has 3 heterocycles. The van der Waals surface area contributed by atoms with E-state index in [1.165, 1.54) is 0 Å². The average molecular weight is 468 g/mol. The van der Waals surface area contributed by atoms with Gasteiger partial charge in [-0.15, -0.1) is 0 Å². The smallest absolute Gasteiger partial charge is 0.298 e. The minimum atomic E-state index is -0.105. The van der Waals surface area contributed by atoms with Crippen molar-refractivity contribution >= 4 is 16.9 Å². The average Bonchev–Trinajstić information content (AvgIpc) is 3.52. The highest BCUT2D eigenvalue weighted by Gasteiger charge is 2.27. The summed E-state index contributed by atoms with van der Waals surface area (Å²) in [5, 5.41) is 5.78. The number of likely N-dealkylation sites (tertiary alicyclic amines) is 1. The number of ether oxygens (including phenoxy) is 1. The van der Waals surface area contributed by atoms with Gasteiger partial charge in [0.2, 0.25) is 0 Å². The highest BCUT2D eigenvalue weighted by molar-refractivity contribution is 5.93. The van der Waals surface area contributed by atoms with Crippen LogP contribution in [0.25, 0.3) is 22.3 Å². The van der Waals surface area contributed by atoms with Gasteiger partial charge in [-0.1, -0.05) is 38.0 Å². The maximum Gasteiger partial charge on any atom is 0.298 e. The standard InChI is InChI=1S/C26H23N5O2.C2H6/c1-2-6-24(32)30-14-13-19(16-30)17-31-26-23(15-27-18-28-26)25(29-31)20-9-11-22(12-10-20)33-21-7-4-3-5-8-21;1-2/h3-5,7-12,15,18-19H,13-14,16-17H2,1H3;1-2H3/t19-;/m1./s1. The van der Waals surface area contributed by atoms with E-state index in [0.717, 1.165) is 46.8 Å². The van der Waals surface area contributed by atoms with Crippen molar-refractivity contribution in [3.05, 3.63) is 67.1 Å². The van der Waals surface area contributed by atoms with E-state index in [1.54, 1.807) is 19.4 Å². The third-order valence-corrected chi connectivity index (χ3v) is 5.75. The maximum absolute atomic E-state index is 12.1. The fourth-order valence-corrected chi connectivity index (χ4v) is 4.16. The van der Waals surface area contributed by atoms with E-state index in [0.29, 0.717) is 19.0 Å².